The minimum Gasteiger partial charge on any atom is -0.469 e. The first kappa shape index (κ1) is 22.8. The fourth-order valence-electron chi connectivity index (χ4n) is 3.05. The van der Waals surface area contributed by atoms with E-state index in [-0.39, 0.29) is 37.3 Å². The third-order valence-corrected chi connectivity index (χ3v) is 5.96. The molecule has 1 unspecified atom stereocenters. The van der Waals surface area contributed by atoms with Gasteiger partial charge in [0.2, 0.25) is 0 Å². The van der Waals surface area contributed by atoms with Crippen LogP contribution >= 0.6 is 11.3 Å². The van der Waals surface area contributed by atoms with E-state index in [0.29, 0.717) is 28.6 Å². The summed E-state index contributed by atoms with van der Waals surface area (Å²) in [5.41, 5.74) is 0.325. The Morgan fingerprint density at radius 1 is 1.38 bits per heavy atom. The second kappa shape index (κ2) is 10.4. The van der Waals surface area contributed by atoms with Gasteiger partial charge >= 0.3 is 11.9 Å². The number of methoxy groups -OCH3 is 1. The van der Waals surface area contributed by atoms with E-state index in [2.05, 4.69) is 15.4 Å². The summed E-state index contributed by atoms with van der Waals surface area (Å²) in [6.07, 6.45) is -0.102. The molecule has 2 heterocycles. The molecule has 2 amide bonds. The molecular weight excluding hydrogens is 398 g/mol. The molecular formula is C19H28N3O6S+. The van der Waals surface area contributed by atoms with Crippen LogP contribution in [0.15, 0.2) is 6.07 Å². The zero-order valence-corrected chi connectivity index (χ0v) is 17.9. The molecule has 0 aromatic carbocycles. The lowest BCUT2D eigenvalue weighted by molar-refractivity contribution is -0.909. The molecule has 0 aliphatic carbocycles. The standard InChI is InChI=1S/C19H27N3O6S/c1-5-28-19(26)12-8-14(11(2)3)29-18(12)21-15(23)10-22-7-6-20-17(25)13(22)9-16(24)27-4/h8,11,13H,5-7,9-10H2,1-4H3,(H,20,25)(H,21,23)/p+1/t13-/m1/s1. The molecule has 2 atom stereocenters. The van der Waals surface area contributed by atoms with Crippen LogP contribution in [0.4, 0.5) is 5.00 Å². The summed E-state index contributed by atoms with van der Waals surface area (Å²) in [4.78, 5) is 50.3. The van der Waals surface area contributed by atoms with Gasteiger partial charge in [-0.2, -0.15) is 0 Å². The Hall–Kier alpha value is -2.46. The Morgan fingerprint density at radius 3 is 2.72 bits per heavy atom. The highest BCUT2D eigenvalue weighted by Gasteiger charge is 2.37. The average molecular weight is 427 g/mol. The van der Waals surface area contributed by atoms with E-state index in [1.807, 2.05) is 13.8 Å². The van der Waals surface area contributed by atoms with Crippen LogP contribution in [0.25, 0.3) is 0 Å². The zero-order chi connectivity index (χ0) is 21.6. The van der Waals surface area contributed by atoms with Gasteiger partial charge in [-0.25, -0.2) is 4.79 Å². The predicted octanol–water partition coefficient (Wildman–Crippen LogP) is -0.0669. The molecule has 1 aliphatic rings. The Bertz CT molecular complexity index is 776. The molecule has 160 valence electrons. The van der Waals surface area contributed by atoms with Crippen molar-refractivity contribution in [2.24, 2.45) is 0 Å². The lowest BCUT2D eigenvalue weighted by Crippen LogP contribution is -3.20. The number of quaternary nitrogens is 1. The number of amides is 2. The fraction of sp³-hybridized carbons (Fsp3) is 0.579. The van der Waals surface area contributed by atoms with E-state index in [1.165, 1.54) is 18.4 Å². The van der Waals surface area contributed by atoms with Crippen molar-refractivity contribution in [3.05, 3.63) is 16.5 Å². The molecule has 2 rings (SSSR count). The van der Waals surface area contributed by atoms with Gasteiger partial charge in [-0.1, -0.05) is 13.8 Å². The van der Waals surface area contributed by atoms with Crippen molar-refractivity contribution in [1.29, 1.82) is 0 Å². The van der Waals surface area contributed by atoms with Gasteiger partial charge in [0.1, 0.15) is 11.4 Å². The number of piperazine rings is 1. The maximum Gasteiger partial charge on any atom is 0.341 e. The van der Waals surface area contributed by atoms with Crippen molar-refractivity contribution in [3.8, 4) is 0 Å². The highest BCUT2D eigenvalue weighted by molar-refractivity contribution is 7.16. The monoisotopic (exact) mass is 426 g/mol. The molecule has 1 fully saturated rings. The number of carbonyl (C=O) groups is 4. The van der Waals surface area contributed by atoms with Gasteiger partial charge in [0, 0.05) is 4.88 Å². The van der Waals surface area contributed by atoms with Crippen molar-refractivity contribution in [3.63, 3.8) is 0 Å². The van der Waals surface area contributed by atoms with Crippen LogP contribution in [-0.4, -0.2) is 63.1 Å². The lowest BCUT2D eigenvalue weighted by atomic mass is 10.1. The van der Waals surface area contributed by atoms with Crippen molar-refractivity contribution in [1.82, 2.24) is 5.32 Å². The van der Waals surface area contributed by atoms with Crippen LogP contribution in [-0.2, 0) is 23.9 Å². The molecule has 29 heavy (non-hydrogen) atoms. The molecule has 1 saturated heterocycles. The number of nitrogens with one attached hydrogen (secondary N) is 3. The van der Waals surface area contributed by atoms with E-state index >= 15 is 0 Å². The summed E-state index contributed by atoms with van der Waals surface area (Å²) < 4.78 is 9.75. The Kier molecular flexibility index (Phi) is 8.15. The highest BCUT2D eigenvalue weighted by atomic mass is 32.1. The van der Waals surface area contributed by atoms with Crippen LogP contribution in [0, 0.1) is 0 Å². The van der Waals surface area contributed by atoms with Gasteiger partial charge in [-0.15, -0.1) is 11.3 Å². The van der Waals surface area contributed by atoms with E-state index in [1.54, 1.807) is 13.0 Å². The van der Waals surface area contributed by atoms with Gasteiger partial charge < -0.3 is 25.0 Å². The Balaban J connectivity index is 2.13. The number of esters is 2. The molecule has 3 N–H and O–H groups in total. The smallest absolute Gasteiger partial charge is 0.341 e. The first-order chi connectivity index (χ1) is 13.8. The topological polar surface area (TPSA) is 115 Å². The molecule has 0 radical (unpaired) electrons. The number of hydrogen-bond acceptors (Lipinski definition) is 7. The first-order valence-electron chi connectivity index (χ1n) is 9.56. The van der Waals surface area contributed by atoms with Gasteiger partial charge in [0.25, 0.3) is 11.8 Å². The summed E-state index contributed by atoms with van der Waals surface area (Å²) in [7, 11) is 1.26. The summed E-state index contributed by atoms with van der Waals surface area (Å²) in [6, 6.07) is 1.05. The van der Waals surface area contributed by atoms with Crippen molar-refractivity contribution < 1.29 is 33.6 Å². The number of thiophene rings is 1. The van der Waals surface area contributed by atoms with Crippen molar-refractivity contribution in [2.45, 2.75) is 39.2 Å². The summed E-state index contributed by atoms with van der Waals surface area (Å²) in [5, 5.41) is 5.93. The molecule has 1 aromatic heterocycles. The minimum atomic E-state index is -0.693. The van der Waals surface area contributed by atoms with Crippen molar-refractivity contribution in [2.75, 3.05) is 38.7 Å². The lowest BCUT2D eigenvalue weighted by Gasteiger charge is -2.30. The number of rotatable bonds is 8. The van der Waals surface area contributed by atoms with E-state index in [0.717, 1.165) is 4.88 Å². The van der Waals surface area contributed by atoms with E-state index in [9.17, 15) is 19.2 Å². The zero-order valence-electron chi connectivity index (χ0n) is 17.1. The Morgan fingerprint density at radius 2 is 2.10 bits per heavy atom. The molecule has 9 nitrogen and oxygen atoms in total. The second-order valence-electron chi connectivity index (χ2n) is 7.02. The number of ether oxygens (including phenoxy) is 2. The maximum atomic E-state index is 12.7. The first-order valence-corrected chi connectivity index (χ1v) is 10.4. The highest BCUT2D eigenvalue weighted by Crippen LogP contribution is 2.33. The SMILES string of the molecule is CCOC(=O)c1cc(C(C)C)sc1NC(=O)C[NH+]1CCNC(=O)[C@H]1CC(=O)OC. The molecule has 0 bridgehead atoms. The fourth-order valence-corrected chi connectivity index (χ4v) is 4.12. The average Bonchev–Trinajstić information content (AvgIpc) is 3.08. The minimum absolute atomic E-state index is 0.00768. The third-order valence-electron chi connectivity index (χ3n) is 4.61. The Labute approximate surface area is 173 Å². The summed E-state index contributed by atoms with van der Waals surface area (Å²) in [5.74, 6) is -1.42. The van der Waals surface area contributed by atoms with Crippen LogP contribution in [0.2, 0.25) is 0 Å². The predicted molar refractivity (Wildman–Crippen MR) is 107 cm³/mol. The maximum absolute atomic E-state index is 12.7. The van der Waals surface area contributed by atoms with Gasteiger partial charge in [-0.05, 0) is 18.9 Å². The molecule has 0 spiro atoms. The summed E-state index contributed by atoms with van der Waals surface area (Å²) >= 11 is 1.33. The number of hydrogen-bond donors (Lipinski definition) is 3. The summed E-state index contributed by atoms with van der Waals surface area (Å²) in [6.45, 7) is 6.88. The quantitative estimate of drug-likeness (QED) is 0.502. The molecule has 1 aromatic rings. The second-order valence-corrected chi connectivity index (χ2v) is 8.11. The normalized spacial score (nSPS) is 18.9. The largest absolute Gasteiger partial charge is 0.469 e. The number of carbonyl (C=O) groups excluding carboxylic acids is 4. The van der Waals surface area contributed by atoms with Gasteiger partial charge in [0.15, 0.2) is 12.6 Å². The number of anilines is 1. The van der Waals surface area contributed by atoms with Crippen LogP contribution < -0.4 is 15.5 Å². The molecule has 1 aliphatic heterocycles. The van der Waals surface area contributed by atoms with Crippen LogP contribution in [0.5, 0.6) is 0 Å². The van der Waals surface area contributed by atoms with Crippen molar-refractivity contribution >= 4 is 40.1 Å². The third kappa shape index (κ3) is 6.01. The van der Waals surface area contributed by atoms with Gasteiger partial charge in [0.05, 0.1) is 32.4 Å². The molecule has 0 saturated carbocycles. The van der Waals surface area contributed by atoms with Crippen LogP contribution in [0.3, 0.4) is 0 Å². The van der Waals surface area contributed by atoms with Gasteiger partial charge in [-0.3, -0.25) is 14.4 Å². The molecule has 10 heteroatoms. The van der Waals surface area contributed by atoms with E-state index in [4.69, 9.17) is 4.74 Å². The van der Waals surface area contributed by atoms with Crippen LogP contribution in [0.1, 0.15) is 48.3 Å². The van der Waals surface area contributed by atoms with E-state index < -0.39 is 18.0 Å².